The molecule has 0 saturated heterocycles. The van der Waals surface area contributed by atoms with E-state index in [1.165, 1.54) is 25.3 Å². The van der Waals surface area contributed by atoms with Crippen molar-refractivity contribution in [2.24, 2.45) is 5.92 Å². The van der Waals surface area contributed by atoms with Crippen LogP contribution in [0.2, 0.25) is 0 Å². The number of halogens is 1. The van der Waals surface area contributed by atoms with Crippen LogP contribution in [-0.2, 0) is 9.53 Å². The van der Waals surface area contributed by atoms with Crippen LogP contribution in [0.3, 0.4) is 0 Å². The van der Waals surface area contributed by atoms with Crippen LogP contribution in [0, 0.1) is 5.92 Å². The fraction of sp³-hybridized carbons (Fsp3) is 0.438. The van der Waals surface area contributed by atoms with Gasteiger partial charge in [0.15, 0.2) is 0 Å². The van der Waals surface area contributed by atoms with Gasteiger partial charge in [-0.15, -0.1) is 0 Å². The largest absolute Gasteiger partial charge is 0.463 e. The zero-order valence-corrected chi connectivity index (χ0v) is 13.3. The highest BCUT2D eigenvalue weighted by Crippen LogP contribution is 2.27. The van der Waals surface area contributed by atoms with E-state index in [9.17, 15) is 4.79 Å². The molecule has 1 aliphatic carbocycles. The van der Waals surface area contributed by atoms with E-state index >= 15 is 0 Å². The summed E-state index contributed by atoms with van der Waals surface area (Å²) in [6, 6.07) is 8.05. The molecule has 0 radical (unpaired) electrons. The summed E-state index contributed by atoms with van der Waals surface area (Å²) in [5.74, 6) is 0.511. The van der Waals surface area contributed by atoms with Gasteiger partial charge in [0.1, 0.15) is 0 Å². The number of nitrogens with one attached hydrogen (secondary N) is 1. The summed E-state index contributed by atoms with van der Waals surface area (Å²) in [6.07, 6.45) is 5.52. The molecule has 1 aromatic rings. The van der Waals surface area contributed by atoms with Gasteiger partial charge in [-0.3, -0.25) is 0 Å². The van der Waals surface area contributed by atoms with Gasteiger partial charge in [-0.25, -0.2) is 4.79 Å². The van der Waals surface area contributed by atoms with E-state index in [1.807, 2.05) is 24.3 Å². The Kier molecular flexibility index (Phi) is 5.65. The Morgan fingerprint density at radius 3 is 2.65 bits per heavy atom. The fourth-order valence-corrected chi connectivity index (χ4v) is 2.53. The maximum Gasteiger partial charge on any atom is 0.331 e. The van der Waals surface area contributed by atoms with Crippen molar-refractivity contribution in [1.82, 2.24) is 0 Å². The van der Waals surface area contributed by atoms with Crippen molar-refractivity contribution in [1.29, 1.82) is 0 Å². The van der Waals surface area contributed by atoms with Gasteiger partial charge in [-0.1, -0.05) is 18.6 Å². The minimum Gasteiger partial charge on any atom is -0.463 e. The summed E-state index contributed by atoms with van der Waals surface area (Å²) >= 11 is 3.40. The second-order valence-corrected chi connectivity index (χ2v) is 5.85. The maximum atomic E-state index is 11.4. The molecule has 1 aromatic carbocycles. The third-order valence-electron chi connectivity index (χ3n) is 3.51. The summed E-state index contributed by atoms with van der Waals surface area (Å²) in [5.41, 5.74) is 2.09. The van der Waals surface area contributed by atoms with Crippen molar-refractivity contribution in [2.45, 2.75) is 26.2 Å². The summed E-state index contributed by atoms with van der Waals surface area (Å²) in [4.78, 5) is 11.4. The minimum atomic E-state index is -0.327. The Labute approximate surface area is 128 Å². The zero-order valence-electron chi connectivity index (χ0n) is 11.7. The van der Waals surface area contributed by atoms with Gasteiger partial charge in [0.25, 0.3) is 0 Å². The smallest absolute Gasteiger partial charge is 0.331 e. The SMILES string of the molecule is CCOC(=O)/C=C(\Br)c1ccc(NCC2CCC2)cc1. The van der Waals surface area contributed by atoms with E-state index in [2.05, 4.69) is 21.2 Å². The van der Waals surface area contributed by atoms with Gasteiger partial charge in [-0.05, 0) is 59.3 Å². The molecule has 0 unspecified atom stereocenters. The van der Waals surface area contributed by atoms with Gasteiger partial charge >= 0.3 is 5.97 Å². The second-order valence-electron chi connectivity index (χ2n) is 5.00. The molecule has 3 nitrogen and oxygen atoms in total. The predicted octanol–water partition coefficient (Wildman–Crippen LogP) is 4.20. The lowest BCUT2D eigenvalue weighted by Gasteiger charge is -2.25. The average molecular weight is 338 g/mol. The first-order chi connectivity index (χ1) is 9.69. The van der Waals surface area contributed by atoms with Gasteiger partial charge in [0.2, 0.25) is 0 Å². The normalized spacial score (nSPS) is 15.6. The quantitative estimate of drug-likeness (QED) is 0.624. The molecular weight excluding hydrogens is 318 g/mol. The third kappa shape index (κ3) is 4.37. The highest BCUT2D eigenvalue weighted by Gasteiger charge is 2.16. The number of benzene rings is 1. The number of rotatable bonds is 6. The highest BCUT2D eigenvalue weighted by atomic mass is 79.9. The van der Waals surface area contributed by atoms with Crippen molar-refractivity contribution in [3.63, 3.8) is 0 Å². The molecule has 20 heavy (non-hydrogen) atoms. The Bertz CT molecular complexity index is 478. The first-order valence-electron chi connectivity index (χ1n) is 7.07. The van der Waals surface area contributed by atoms with E-state index < -0.39 is 0 Å². The van der Waals surface area contributed by atoms with E-state index in [4.69, 9.17) is 4.74 Å². The highest BCUT2D eigenvalue weighted by molar-refractivity contribution is 9.15. The molecule has 4 heteroatoms. The summed E-state index contributed by atoms with van der Waals surface area (Å²) < 4.78 is 5.62. The number of carbonyl (C=O) groups excluding carboxylic acids is 1. The van der Waals surface area contributed by atoms with Crippen LogP contribution in [0.15, 0.2) is 30.3 Å². The first kappa shape index (κ1) is 15.1. The Morgan fingerprint density at radius 2 is 2.10 bits per heavy atom. The third-order valence-corrected chi connectivity index (χ3v) is 4.20. The molecule has 0 amide bonds. The van der Waals surface area contributed by atoms with Crippen molar-refractivity contribution >= 4 is 32.1 Å². The number of ether oxygens (including phenoxy) is 1. The molecule has 0 spiro atoms. The van der Waals surface area contributed by atoms with Crippen LogP contribution in [0.25, 0.3) is 4.48 Å². The van der Waals surface area contributed by atoms with E-state index in [-0.39, 0.29) is 5.97 Å². The first-order valence-corrected chi connectivity index (χ1v) is 7.86. The Hall–Kier alpha value is -1.29. The minimum absolute atomic E-state index is 0.327. The summed E-state index contributed by atoms with van der Waals surface area (Å²) in [5, 5.41) is 3.45. The zero-order chi connectivity index (χ0) is 14.4. The molecule has 0 heterocycles. The van der Waals surface area contributed by atoms with Crippen molar-refractivity contribution in [3.05, 3.63) is 35.9 Å². The molecule has 1 fully saturated rings. The molecule has 0 aliphatic heterocycles. The van der Waals surface area contributed by atoms with Gasteiger partial charge in [0.05, 0.1) is 6.61 Å². The number of carbonyl (C=O) groups is 1. The standard InChI is InChI=1S/C16H20BrNO2/c1-2-20-16(19)10-15(17)13-6-8-14(9-7-13)18-11-12-4-3-5-12/h6-10,12,18H,2-5,11H2,1H3/b15-10-. The number of anilines is 1. The topological polar surface area (TPSA) is 38.3 Å². The van der Waals surface area contributed by atoms with Crippen LogP contribution in [0.1, 0.15) is 31.7 Å². The van der Waals surface area contributed by atoms with Gasteiger partial charge in [0, 0.05) is 22.8 Å². The summed E-state index contributed by atoms with van der Waals surface area (Å²) in [7, 11) is 0. The number of hydrogen-bond acceptors (Lipinski definition) is 3. The maximum absolute atomic E-state index is 11.4. The lowest BCUT2D eigenvalue weighted by atomic mass is 9.85. The van der Waals surface area contributed by atoms with Gasteiger partial charge < -0.3 is 10.1 Å². The van der Waals surface area contributed by atoms with Crippen molar-refractivity contribution < 1.29 is 9.53 Å². The predicted molar refractivity (Wildman–Crippen MR) is 85.8 cm³/mol. The Morgan fingerprint density at radius 1 is 1.40 bits per heavy atom. The van der Waals surface area contributed by atoms with Crippen LogP contribution in [-0.4, -0.2) is 19.1 Å². The molecular formula is C16H20BrNO2. The van der Waals surface area contributed by atoms with E-state index in [1.54, 1.807) is 6.92 Å². The lowest BCUT2D eigenvalue weighted by Crippen LogP contribution is -2.20. The molecule has 0 atom stereocenters. The van der Waals surface area contributed by atoms with Crippen LogP contribution < -0.4 is 5.32 Å². The molecule has 1 saturated carbocycles. The van der Waals surface area contributed by atoms with Crippen LogP contribution in [0.4, 0.5) is 5.69 Å². The lowest BCUT2D eigenvalue weighted by molar-refractivity contribution is -0.137. The Balaban J connectivity index is 1.90. The van der Waals surface area contributed by atoms with E-state index in [0.29, 0.717) is 6.61 Å². The summed E-state index contributed by atoms with van der Waals surface area (Å²) in [6.45, 7) is 3.24. The molecule has 0 aromatic heterocycles. The molecule has 1 aliphatic rings. The average Bonchev–Trinajstić information content (AvgIpc) is 2.38. The van der Waals surface area contributed by atoms with Crippen LogP contribution in [0.5, 0.6) is 0 Å². The van der Waals surface area contributed by atoms with Crippen LogP contribution >= 0.6 is 15.9 Å². The monoisotopic (exact) mass is 337 g/mol. The van der Waals surface area contributed by atoms with Crippen molar-refractivity contribution in [2.75, 3.05) is 18.5 Å². The number of esters is 1. The fourth-order valence-electron chi connectivity index (χ4n) is 2.08. The second kappa shape index (κ2) is 7.48. The van der Waals surface area contributed by atoms with E-state index in [0.717, 1.165) is 28.2 Å². The number of hydrogen-bond donors (Lipinski definition) is 1. The van der Waals surface area contributed by atoms with Crippen molar-refractivity contribution in [3.8, 4) is 0 Å². The van der Waals surface area contributed by atoms with Gasteiger partial charge in [-0.2, -0.15) is 0 Å². The molecule has 2 rings (SSSR count). The molecule has 1 N–H and O–H groups in total. The molecule has 108 valence electrons. The molecule has 0 bridgehead atoms.